The molecule has 1 saturated heterocycles. The summed E-state index contributed by atoms with van der Waals surface area (Å²) >= 11 is 2.07. The molecule has 1 unspecified atom stereocenters. The molecule has 0 aliphatic carbocycles. The molecule has 4 nitrogen and oxygen atoms in total. The topological polar surface area (TPSA) is 45.7 Å². The van der Waals surface area contributed by atoms with Crippen LogP contribution in [0.15, 0.2) is 4.99 Å². The second kappa shape index (κ2) is 13.3. The van der Waals surface area contributed by atoms with Crippen molar-refractivity contribution in [2.45, 2.75) is 37.4 Å². The molecule has 2 N–H and O–H groups in total. The van der Waals surface area contributed by atoms with Crippen molar-refractivity contribution in [2.75, 3.05) is 39.6 Å². The zero-order valence-electron chi connectivity index (χ0n) is 12.1. The first-order chi connectivity index (χ1) is 8.86. The number of methoxy groups -OCH3 is 1. The van der Waals surface area contributed by atoms with Gasteiger partial charge in [-0.05, 0) is 37.9 Å². The van der Waals surface area contributed by atoms with Gasteiger partial charge in [-0.2, -0.15) is 11.8 Å². The van der Waals surface area contributed by atoms with E-state index in [4.69, 9.17) is 4.74 Å². The lowest BCUT2D eigenvalue weighted by molar-refractivity contribution is 0.192. The van der Waals surface area contributed by atoms with Crippen LogP contribution in [0, 0.1) is 0 Å². The van der Waals surface area contributed by atoms with E-state index in [2.05, 4.69) is 27.4 Å². The first-order valence-electron chi connectivity index (χ1n) is 6.92. The van der Waals surface area contributed by atoms with Crippen molar-refractivity contribution in [2.24, 2.45) is 4.99 Å². The minimum atomic E-state index is 0. The quantitative estimate of drug-likeness (QED) is 0.284. The van der Waals surface area contributed by atoms with Crippen LogP contribution in [-0.4, -0.2) is 50.8 Å². The van der Waals surface area contributed by atoms with E-state index in [0.717, 1.165) is 37.3 Å². The molecule has 0 bridgehead atoms. The number of guanidine groups is 1. The summed E-state index contributed by atoms with van der Waals surface area (Å²) in [6, 6.07) is 0. The highest BCUT2D eigenvalue weighted by Crippen LogP contribution is 2.25. The molecule has 0 saturated carbocycles. The van der Waals surface area contributed by atoms with Gasteiger partial charge >= 0.3 is 0 Å². The van der Waals surface area contributed by atoms with Gasteiger partial charge in [-0.1, -0.05) is 0 Å². The summed E-state index contributed by atoms with van der Waals surface area (Å²) in [7, 11) is 3.59. The fraction of sp³-hybridized carbons (Fsp3) is 0.923. The highest BCUT2D eigenvalue weighted by atomic mass is 127. The maximum Gasteiger partial charge on any atom is 0.191 e. The molecule has 1 aliphatic heterocycles. The van der Waals surface area contributed by atoms with Crippen LogP contribution in [0.3, 0.4) is 0 Å². The van der Waals surface area contributed by atoms with Crippen LogP contribution in [0.2, 0.25) is 0 Å². The first-order valence-corrected chi connectivity index (χ1v) is 7.96. The van der Waals surface area contributed by atoms with E-state index in [1.165, 1.54) is 31.4 Å². The minimum Gasteiger partial charge on any atom is -0.385 e. The van der Waals surface area contributed by atoms with Crippen molar-refractivity contribution in [3.8, 4) is 0 Å². The summed E-state index contributed by atoms with van der Waals surface area (Å²) in [5.74, 6) is 2.26. The first kappa shape index (κ1) is 19.3. The van der Waals surface area contributed by atoms with Crippen molar-refractivity contribution >= 4 is 41.7 Å². The zero-order chi connectivity index (χ0) is 13.1. The lowest BCUT2D eigenvalue weighted by Crippen LogP contribution is -2.40. The molecule has 114 valence electrons. The molecule has 0 amide bonds. The predicted octanol–water partition coefficient (Wildman–Crippen LogP) is 2.48. The lowest BCUT2D eigenvalue weighted by Gasteiger charge is -2.14. The Bertz CT molecular complexity index is 236. The number of unbranched alkanes of at least 4 members (excludes halogenated alkanes) is 2. The number of hydrogen-bond acceptors (Lipinski definition) is 3. The minimum absolute atomic E-state index is 0. The van der Waals surface area contributed by atoms with Crippen LogP contribution in [0.25, 0.3) is 0 Å². The number of nitrogens with one attached hydrogen (secondary N) is 2. The Kier molecular flexibility index (Phi) is 13.5. The molecule has 0 aromatic rings. The van der Waals surface area contributed by atoms with E-state index in [9.17, 15) is 0 Å². The third-order valence-corrected chi connectivity index (χ3v) is 4.46. The monoisotopic (exact) mass is 401 g/mol. The van der Waals surface area contributed by atoms with E-state index in [1.807, 2.05) is 7.05 Å². The lowest BCUT2D eigenvalue weighted by atomic mass is 10.2. The molecule has 1 atom stereocenters. The van der Waals surface area contributed by atoms with Crippen molar-refractivity contribution in [3.63, 3.8) is 0 Å². The number of halogens is 1. The van der Waals surface area contributed by atoms with Crippen molar-refractivity contribution in [1.29, 1.82) is 0 Å². The summed E-state index contributed by atoms with van der Waals surface area (Å²) in [5.41, 5.74) is 0. The van der Waals surface area contributed by atoms with Crippen LogP contribution >= 0.6 is 35.7 Å². The second-order valence-electron chi connectivity index (χ2n) is 4.57. The molecule has 1 rings (SSSR count). The van der Waals surface area contributed by atoms with Gasteiger partial charge in [0.15, 0.2) is 5.96 Å². The van der Waals surface area contributed by atoms with E-state index in [-0.39, 0.29) is 24.0 Å². The van der Waals surface area contributed by atoms with E-state index < -0.39 is 0 Å². The molecular weight excluding hydrogens is 373 g/mol. The SMILES string of the molecule is CN=C(NCCCCCOC)NCC1CCCS1.I. The highest BCUT2D eigenvalue weighted by Gasteiger charge is 2.15. The van der Waals surface area contributed by atoms with Gasteiger partial charge in [-0.3, -0.25) is 4.99 Å². The molecular formula is C13H28IN3OS. The Balaban J connectivity index is 0.00000324. The smallest absolute Gasteiger partial charge is 0.191 e. The van der Waals surface area contributed by atoms with Crippen LogP contribution in [-0.2, 0) is 4.74 Å². The Morgan fingerprint density at radius 1 is 1.32 bits per heavy atom. The van der Waals surface area contributed by atoms with Crippen LogP contribution in [0.1, 0.15) is 32.1 Å². The van der Waals surface area contributed by atoms with E-state index in [0.29, 0.717) is 0 Å². The van der Waals surface area contributed by atoms with Crippen molar-refractivity contribution < 1.29 is 4.74 Å². The fourth-order valence-corrected chi connectivity index (χ4v) is 3.19. The van der Waals surface area contributed by atoms with Crippen molar-refractivity contribution in [1.82, 2.24) is 10.6 Å². The van der Waals surface area contributed by atoms with Gasteiger partial charge in [0.2, 0.25) is 0 Å². The summed E-state index contributed by atoms with van der Waals surface area (Å²) in [4.78, 5) is 4.24. The third-order valence-electron chi connectivity index (χ3n) is 3.06. The van der Waals surface area contributed by atoms with Gasteiger partial charge in [0.25, 0.3) is 0 Å². The van der Waals surface area contributed by atoms with Crippen LogP contribution < -0.4 is 10.6 Å². The van der Waals surface area contributed by atoms with Gasteiger partial charge < -0.3 is 15.4 Å². The molecule has 1 fully saturated rings. The Labute approximate surface area is 138 Å². The second-order valence-corrected chi connectivity index (χ2v) is 5.98. The van der Waals surface area contributed by atoms with Gasteiger partial charge in [-0.25, -0.2) is 0 Å². The maximum atomic E-state index is 5.03. The number of rotatable bonds is 8. The molecule has 19 heavy (non-hydrogen) atoms. The Hall–Kier alpha value is 0.310. The highest BCUT2D eigenvalue weighted by molar-refractivity contribution is 14.0. The van der Waals surface area contributed by atoms with Crippen LogP contribution in [0.4, 0.5) is 0 Å². The molecule has 6 heteroatoms. The Morgan fingerprint density at radius 3 is 2.79 bits per heavy atom. The van der Waals surface area contributed by atoms with Gasteiger partial charge in [-0.15, -0.1) is 24.0 Å². The van der Waals surface area contributed by atoms with E-state index >= 15 is 0 Å². The third kappa shape index (κ3) is 9.79. The van der Waals surface area contributed by atoms with Gasteiger partial charge in [0.1, 0.15) is 0 Å². The summed E-state index contributed by atoms with van der Waals surface area (Å²) in [6.45, 7) is 2.89. The normalized spacial score (nSPS) is 19.1. The number of aliphatic imine (C=N–C) groups is 1. The van der Waals surface area contributed by atoms with Gasteiger partial charge in [0.05, 0.1) is 0 Å². The predicted molar refractivity (Wildman–Crippen MR) is 96.0 cm³/mol. The number of hydrogen-bond donors (Lipinski definition) is 2. The number of thioether (sulfide) groups is 1. The largest absolute Gasteiger partial charge is 0.385 e. The summed E-state index contributed by atoms with van der Waals surface area (Å²) in [6.07, 6.45) is 6.22. The number of nitrogens with zero attached hydrogens (tertiary/aromatic N) is 1. The molecule has 1 heterocycles. The summed E-state index contributed by atoms with van der Waals surface area (Å²) < 4.78 is 5.03. The maximum absolute atomic E-state index is 5.03. The van der Waals surface area contributed by atoms with Crippen molar-refractivity contribution in [3.05, 3.63) is 0 Å². The standard InChI is InChI=1S/C13H27N3OS.HI/c1-14-13(15-8-4-3-5-9-17-2)16-11-12-7-6-10-18-12;/h12H,3-11H2,1-2H3,(H2,14,15,16);1H. The molecule has 0 radical (unpaired) electrons. The fourth-order valence-electron chi connectivity index (χ4n) is 1.99. The zero-order valence-corrected chi connectivity index (χ0v) is 15.3. The van der Waals surface area contributed by atoms with Crippen LogP contribution in [0.5, 0.6) is 0 Å². The molecule has 0 spiro atoms. The molecule has 0 aromatic heterocycles. The molecule has 1 aliphatic rings. The summed E-state index contributed by atoms with van der Waals surface area (Å²) in [5, 5.41) is 7.53. The molecule has 0 aromatic carbocycles. The Morgan fingerprint density at radius 2 is 2.16 bits per heavy atom. The number of ether oxygens (including phenoxy) is 1. The van der Waals surface area contributed by atoms with Gasteiger partial charge in [0, 0.05) is 39.1 Å². The average molecular weight is 401 g/mol. The van der Waals surface area contributed by atoms with E-state index in [1.54, 1.807) is 7.11 Å². The average Bonchev–Trinajstić information content (AvgIpc) is 2.90.